The number of hydrogen-bond acceptors (Lipinski definition) is 6. The van der Waals surface area contributed by atoms with E-state index in [1.165, 1.54) is 0 Å². The zero-order valence-corrected chi connectivity index (χ0v) is 25.2. The molecule has 0 unspecified atom stereocenters. The highest BCUT2D eigenvalue weighted by atomic mass is 16.7. The number of aliphatic hydroxyl groups is 1. The zero-order valence-electron chi connectivity index (χ0n) is 25.2. The summed E-state index contributed by atoms with van der Waals surface area (Å²) in [7, 11) is 0. The number of para-hydroxylation sites is 2. The molecule has 0 spiro atoms. The van der Waals surface area contributed by atoms with Gasteiger partial charge in [0.05, 0.1) is 48.3 Å². The minimum absolute atomic E-state index is 0.000221. The van der Waals surface area contributed by atoms with Crippen molar-refractivity contribution < 1.29 is 19.4 Å². The normalized spacial score (nSPS) is 18.0. The second-order valence-corrected chi connectivity index (χ2v) is 11.4. The van der Waals surface area contributed by atoms with E-state index >= 15 is 0 Å². The number of nitrogens with one attached hydrogen (secondary N) is 1. The van der Waals surface area contributed by atoms with Crippen LogP contribution in [0.3, 0.4) is 0 Å². The van der Waals surface area contributed by atoms with Crippen LogP contribution in [0.1, 0.15) is 51.4 Å². The first-order valence-corrected chi connectivity index (χ1v) is 15.4. The van der Waals surface area contributed by atoms with Crippen molar-refractivity contribution in [2.24, 2.45) is 0 Å². The Morgan fingerprint density at radius 2 is 1.65 bits per heavy atom. The van der Waals surface area contributed by atoms with Crippen LogP contribution in [-0.4, -0.2) is 31.7 Å². The van der Waals surface area contributed by atoms with Crippen molar-refractivity contribution in [3.8, 4) is 11.1 Å². The minimum Gasteiger partial charge on any atom is -0.392 e. The molecule has 8 nitrogen and oxygen atoms in total. The fourth-order valence-electron chi connectivity index (χ4n) is 5.96. The number of ether oxygens (including phenoxy) is 2. The Morgan fingerprint density at radius 1 is 0.870 bits per heavy atom. The van der Waals surface area contributed by atoms with Crippen LogP contribution >= 0.6 is 0 Å². The fourth-order valence-corrected chi connectivity index (χ4v) is 5.96. The summed E-state index contributed by atoms with van der Waals surface area (Å²) in [5.41, 5.74) is 8.46. The van der Waals surface area contributed by atoms with Crippen LogP contribution in [0, 0.1) is 0 Å². The molecule has 230 valence electrons. The summed E-state index contributed by atoms with van der Waals surface area (Å²) in [4.78, 5) is 21.3. The Morgan fingerprint density at radius 3 is 2.46 bits per heavy atom. The average Bonchev–Trinajstić information content (AvgIpc) is 3.53. The van der Waals surface area contributed by atoms with E-state index in [0.717, 1.165) is 44.4 Å². The lowest BCUT2D eigenvalue weighted by Gasteiger charge is -2.36. The molecule has 2 N–H and O–H groups in total. The number of aromatic nitrogens is 3. The lowest BCUT2D eigenvalue weighted by molar-refractivity contribution is -0.252. The van der Waals surface area contributed by atoms with Gasteiger partial charge in [0.15, 0.2) is 6.29 Å². The monoisotopic (exact) mass is 610 g/mol. The summed E-state index contributed by atoms with van der Waals surface area (Å²) in [5.74, 6) is -0.163. The van der Waals surface area contributed by atoms with Crippen LogP contribution in [0.2, 0.25) is 0 Å². The van der Waals surface area contributed by atoms with Gasteiger partial charge in [-0.3, -0.25) is 9.78 Å². The molecule has 0 saturated carbocycles. The van der Waals surface area contributed by atoms with Crippen LogP contribution in [0.15, 0.2) is 128 Å². The number of hydrogen-bond donors (Lipinski definition) is 2. The summed E-state index contributed by atoms with van der Waals surface area (Å²) in [6, 6.07) is 35.8. The van der Waals surface area contributed by atoms with Gasteiger partial charge in [-0.1, -0.05) is 84.9 Å². The quantitative estimate of drug-likeness (QED) is 0.188. The zero-order chi connectivity index (χ0) is 31.3. The van der Waals surface area contributed by atoms with Gasteiger partial charge in [-0.2, -0.15) is 0 Å². The number of imidazole rings is 1. The first-order chi connectivity index (χ1) is 22.6. The van der Waals surface area contributed by atoms with Gasteiger partial charge in [0.1, 0.15) is 0 Å². The van der Waals surface area contributed by atoms with Gasteiger partial charge < -0.3 is 24.5 Å². The number of aliphatic hydroxyl groups excluding tert-OH is 1. The van der Waals surface area contributed by atoms with Crippen molar-refractivity contribution in [1.29, 1.82) is 0 Å². The summed E-state index contributed by atoms with van der Waals surface area (Å²) in [6.45, 7) is 1.03. The SMILES string of the molecule is O=C(NCc1ccccc1-c1ccc([C@@H]2O[C@H](Cn3cnc4ccccc43)C[C@H](c3ccc(CO)cc3)O2)cc1)c1cccnc1. The molecule has 0 radical (unpaired) electrons. The number of nitrogens with zero attached hydrogens (tertiary/aromatic N) is 3. The molecule has 1 aliphatic heterocycles. The van der Waals surface area contributed by atoms with E-state index in [1.807, 2.05) is 79.1 Å². The predicted molar refractivity (Wildman–Crippen MR) is 175 cm³/mol. The van der Waals surface area contributed by atoms with E-state index in [9.17, 15) is 9.90 Å². The Hall–Kier alpha value is -5.15. The maximum atomic E-state index is 12.6. The van der Waals surface area contributed by atoms with Gasteiger partial charge in [0.2, 0.25) is 0 Å². The number of amides is 1. The third-order valence-corrected chi connectivity index (χ3v) is 8.42. The third kappa shape index (κ3) is 6.46. The number of carbonyl (C=O) groups excluding carboxylic acids is 1. The first kappa shape index (κ1) is 29.6. The predicted octanol–water partition coefficient (Wildman–Crippen LogP) is 6.77. The Labute approximate surface area is 267 Å². The van der Waals surface area contributed by atoms with Gasteiger partial charge in [0, 0.05) is 30.9 Å². The lowest BCUT2D eigenvalue weighted by atomic mass is 9.97. The molecule has 46 heavy (non-hydrogen) atoms. The molecule has 0 bridgehead atoms. The molecular weight excluding hydrogens is 576 g/mol. The Bertz CT molecular complexity index is 1920. The second kappa shape index (κ2) is 13.5. The van der Waals surface area contributed by atoms with Crippen LogP contribution in [-0.2, 0) is 29.2 Å². The second-order valence-electron chi connectivity index (χ2n) is 11.4. The van der Waals surface area contributed by atoms with Crippen molar-refractivity contribution >= 4 is 16.9 Å². The number of benzene rings is 4. The van der Waals surface area contributed by atoms with Gasteiger partial charge in [-0.05, 0) is 52.1 Å². The summed E-state index contributed by atoms with van der Waals surface area (Å²) in [5, 5.41) is 12.6. The highest BCUT2D eigenvalue weighted by molar-refractivity contribution is 5.93. The highest BCUT2D eigenvalue weighted by Gasteiger charge is 2.32. The highest BCUT2D eigenvalue weighted by Crippen LogP contribution is 2.39. The van der Waals surface area contributed by atoms with E-state index in [1.54, 1.807) is 24.5 Å². The summed E-state index contributed by atoms with van der Waals surface area (Å²) in [6.07, 6.45) is 4.88. The number of rotatable bonds is 9. The third-order valence-electron chi connectivity index (χ3n) is 8.42. The lowest BCUT2D eigenvalue weighted by Crippen LogP contribution is -2.32. The van der Waals surface area contributed by atoms with E-state index in [-0.39, 0.29) is 24.7 Å². The smallest absolute Gasteiger partial charge is 0.253 e. The molecule has 8 heteroatoms. The average molecular weight is 611 g/mol. The van der Waals surface area contributed by atoms with Crippen molar-refractivity contribution in [2.75, 3.05) is 0 Å². The molecule has 1 amide bonds. The van der Waals surface area contributed by atoms with Crippen molar-refractivity contribution in [3.63, 3.8) is 0 Å². The largest absolute Gasteiger partial charge is 0.392 e. The molecule has 1 aliphatic rings. The van der Waals surface area contributed by atoms with Gasteiger partial charge in [-0.25, -0.2) is 4.98 Å². The fraction of sp³-hybridized carbons (Fsp3) is 0.184. The molecule has 6 aromatic rings. The van der Waals surface area contributed by atoms with Gasteiger partial charge >= 0.3 is 0 Å². The number of pyridine rings is 1. The molecule has 3 atom stereocenters. The van der Waals surface area contributed by atoms with Crippen LogP contribution in [0.5, 0.6) is 0 Å². The van der Waals surface area contributed by atoms with E-state index in [0.29, 0.717) is 25.1 Å². The summed E-state index contributed by atoms with van der Waals surface area (Å²) >= 11 is 0. The number of fused-ring (bicyclic) bond motifs is 1. The van der Waals surface area contributed by atoms with Crippen molar-refractivity contribution in [1.82, 2.24) is 19.9 Å². The molecule has 1 saturated heterocycles. The molecule has 2 aromatic heterocycles. The molecule has 7 rings (SSSR count). The molecule has 0 aliphatic carbocycles. The van der Waals surface area contributed by atoms with E-state index in [4.69, 9.17) is 9.47 Å². The number of carbonyl (C=O) groups is 1. The summed E-state index contributed by atoms with van der Waals surface area (Å²) < 4.78 is 15.3. The van der Waals surface area contributed by atoms with Gasteiger partial charge in [0.25, 0.3) is 5.91 Å². The molecule has 1 fully saturated rings. The Kier molecular flexibility index (Phi) is 8.65. The molecule has 4 aromatic carbocycles. The minimum atomic E-state index is -0.570. The Balaban J connectivity index is 1.12. The van der Waals surface area contributed by atoms with Gasteiger partial charge in [-0.15, -0.1) is 0 Å². The van der Waals surface area contributed by atoms with Crippen molar-refractivity contribution in [3.05, 3.63) is 156 Å². The van der Waals surface area contributed by atoms with Crippen LogP contribution in [0.25, 0.3) is 22.2 Å². The van der Waals surface area contributed by atoms with Crippen LogP contribution < -0.4 is 5.32 Å². The topological polar surface area (TPSA) is 98.5 Å². The van der Waals surface area contributed by atoms with E-state index in [2.05, 4.69) is 44.1 Å². The van der Waals surface area contributed by atoms with Crippen LogP contribution in [0.4, 0.5) is 0 Å². The molecular formula is C38H34N4O4. The maximum Gasteiger partial charge on any atom is 0.253 e. The maximum absolute atomic E-state index is 12.6. The van der Waals surface area contributed by atoms with E-state index < -0.39 is 6.29 Å². The molecule has 3 heterocycles. The standard InChI is InChI=1S/C38H34N4O4/c43-24-26-11-13-28(14-12-26)36-20-32(23-42-25-41-34-9-3-4-10-35(34)42)45-38(46-36)29-17-15-27(16-18-29)33-8-2-1-6-30(33)22-40-37(44)31-7-5-19-39-21-31/h1-19,21,25,32,36,38,43H,20,22-24H2,(H,40,44)/t32-,36+,38+/m0/s1. The van der Waals surface area contributed by atoms with Crippen molar-refractivity contribution in [2.45, 2.75) is 44.6 Å². The first-order valence-electron chi connectivity index (χ1n) is 15.4.